The van der Waals surface area contributed by atoms with Crippen molar-refractivity contribution in [2.75, 3.05) is 49.6 Å². The number of hydrogen-bond donors (Lipinski definition) is 2. The number of morpholine rings is 1. The molecule has 0 spiro atoms. The van der Waals surface area contributed by atoms with Crippen LogP contribution in [0.4, 0.5) is 20.5 Å². The summed E-state index contributed by atoms with van der Waals surface area (Å²) in [5, 5.41) is 11.3. The quantitative estimate of drug-likeness (QED) is 0.395. The molecule has 0 amide bonds. The first-order chi connectivity index (χ1) is 17.2. The minimum absolute atomic E-state index is 0.438. The zero-order valence-electron chi connectivity index (χ0n) is 18.6. The number of ether oxygens (including phenoxy) is 1. The van der Waals surface area contributed by atoms with Crippen LogP contribution in [0.15, 0.2) is 31.0 Å². The van der Waals surface area contributed by atoms with Gasteiger partial charge in [-0.1, -0.05) is 6.08 Å². The molecule has 1 fully saturated rings. The Hall–Kier alpha value is -3.49. The van der Waals surface area contributed by atoms with Gasteiger partial charge >= 0.3 is 6.55 Å². The third-order valence-corrected chi connectivity index (χ3v) is 6.90. The first-order valence-corrected chi connectivity index (χ1v) is 12.0. The zero-order valence-corrected chi connectivity index (χ0v) is 19.4. The number of thiazole rings is 1. The van der Waals surface area contributed by atoms with E-state index in [0.717, 1.165) is 23.0 Å². The van der Waals surface area contributed by atoms with E-state index in [1.165, 1.54) is 18.0 Å². The summed E-state index contributed by atoms with van der Waals surface area (Å²) in [6.45, 7) is 1.94. The maximum atomic E-state index is 13.1. The van der Waals surface area contributed by atoms with Crippen LogP contribution in [0.3, 0.4) is 0 Å². The minimum atomic E-state index is -2.73. The Bertz CT molecular complexity index is 1370. The zero-order chi connectivity index (χ0) is 23.8. The van der Waals surface area contributed by atoms with Crippen molar-refractivity contribution in [3.63, 3.8) is 0 Å². The first kappa shape index (κ1) is 22.0. The van der Waals surface area contributed by atoms with Crippen molar-refractivity contribution in [2.45, 2.75) is 13.1 Å². The SMILES string of the molecule is FC(F)n1cc(-n2cnc3c(NCc4ncc(C5=CCNC5)s4)nc(N4CCOCC4)nc32)cn1. The van der Waals surface area contributed by atoms with Crippen LogP contribution in [0, 0.1) is 0 Å². The van der Waals surface area contributed by atoms with Gasteiger partial charge in [-0.3, -0.25) is 4.57 Å². The van der Waals surface area contributed by atoms with Crippen LogP contribution in [0.25, 0.3) is 22.4 Å². The van der Waals surface area contributed by atoms with Crippen molar-refractivity contribution < 1.29 is 13.5 Å². The van der Waals surface area contributed by atoms with Crippen molar-refractivity contribution in [3.8, 4) is 5.69 Å². The van der Waals surface area contributed by atoms with Crippen molar-refractivity contribution in [1.29, 1.82) is 0 Å². The fourth-order valence-electron chi connectivity index (χ4n) is 4.03. The average Bonchev–Trinajstić information content (AvgIpc) is 3.68. The highest BCUT2D eigenvalue weighted by Crippen LogP contribution is 2.28. The maximum absolute atomic E-state index is 13.1. The number of alkyl halides is 2. The van der Waals surface area contributed by atoms with Crippen molar-refractivity contribution in [1.82, 2.24) is 39.6 Å². The molecule has 0 atom stereocenters. The predicted octanol–water partition coefficient (Wildman–Crippen LogP) is 2.30. The topological polar surface area (TPSA) is 111 Å². The standard InChI is InChI=1S/C21H22F2N10OS/c22-20(23)33-11-14(8-28-33)32-12-27-17-18(29-21(30-19(17)32)31-3-5-34-6-4-31)26-10-16-25-9-15(35-16)13-1-2-24-7-13/h1,8-9,11-12,20,24H,2-7,10H2,(H,26,29,30). The summed E-state index contributed by atoms with van der Waals surface area (Å²) in [6, 6.07) is 0. The lowest BCUT2D eigenvalue weighted by atomic mass is 10.2. The number of fused-ring (bicyclic) bond motifs is 1. The van der Waals surface area contributed by atoms with Crippen LogP contribution >= 0.6 is 11.3 Å². The van der Waals surface area contributed by atoms with E-state index in [1.807, 2.05) is 11.1 Å². The molecule has 0 bridgehead atoms. The van der Waals surface area contributed by atoms with Crippen LogP contribution < -0.4 is 15.5 Å². The molecule has 0 unspecified atom stereocenters. The fraction of sp³-hybridized carbons (Fsp3) is 0.381. The third kappa shape index (κ3) is 4.35. The van der Waals surface area contributed by atoms with E-state index in [0.29, 0.717) is 66.1 Å². The summed E-state index contributed by atoms with van der Waals surface area (Å²) in [5.74, 6) is 1.07. The number of nitrogens with zero attached hydrogens (tertiary/aromatic N) is 8. The molecule has 0 aliphatic carbocycles. The Morgan fingerprint density at radius 1 is 1.17 bits per heavy atom. The van der Waals surface area contributed by atoms with E-state index in [2.05, 4.69) is 31.8 Å². The summed E-state index contributed by atoms with van der Waals surface area (Å²) in [7, 11) is 0. The van der Waals surface area contributed by atoms with E-state index in [4.69, 9.17) is 14.7 Å². The van der Waals surface area contributed by atoms with Gasteiger partial charge in [-0.15, -0.1) is 11.3 Å². The van der Waals surface area contributed by atoms with E-state index in [9.17, 15) is 8.78 Å². The van der Waals surface area contributed by atoms with E-state index < -0.39 is 6.55 Å². The highest BCUT2D eigenvalue weighted by atomic mass is 32.1. The van der Waals surface area contributed by atoms with E-state index in [-0.39, 0.29) is 0 Å². The van der Waals surface area contributed by atoms with Gasteiger partial charge in [0.2, 0.25) is 5.95 Å². The van der Waals surface area contributed by atoms with Gasteiger partial charge in [-0.2, -0.15) is 23.8 Å². The molecule has 2 aliphatic heterocycles. The smallest absolute Gasteiger partial charge is 0.333 e. The van der Waals surface area contributed by atoms with Crippen molar-refractivity contribution >= 4 is 39.8 Å². The molecule has 11 nitrogen and oxygen atoms in total. The number of halogens is 2. The normalized spacial score (nSPS) is 16.4. The Labute approximate surface area is 202 Å². The molecule has 6 heterocycles. The molecular weight excluding hydrogens is 478 g/mol. The van der Waals surface area contributed by atoms with Crippen molar-refractivity contribution in [3.05, 3.63) is 40.9 Å². The second-order valence-electron chi connectivity index (χ2n) is 8.05. The lowest BCUT2D eigenvalue weighted by molar-refractivity contribution is 0.0566. The number of anilines is 2. The largest absolute Gasteiger partial charge is 0.378 e. The number of rotatable bonds is 7. The monoisotopic (exact) mass is 500 g/mol. The van der Waals surface area contributed by atoms with Gasteiger partial charge in [0.1, 0.15) is 11.3 Å². The highest BCUT2D eigenvalue weighted by molar-refractivity contribution is 7.12. The van der Waals surface area contributed by atoms with Gasteiger partial charge in [-0.05, 0) is 5.57 Å². The first-order valence-electron chi connectivity index (χ1n) is 11.1. The minimum Gasteiger partial charge on any atom is -0.378 e. The fourth-order valence-corrected chi connectivity index (χ4v) is 4.92. The molecule has 14 heteroatoms. The number of aromatic nitrogens is 7. The number of imidazole rings is 1. The third-order valence-electron chi connectivity index (χ3n) is 5.83. The average molecular weight is 501 g/mol. The summed E-state index contributed by atoms with van der Waals surface area (Å²) in [4.78, 5) is 21.7. The van der Waals surface area contributed by atoms with Crippen LogP contribution in [-0.4, -0.2) is 73.7 Å². The second kappa shape index (κ2) is 9.28. The summed E-state index contributed by atoms with van der Waals surface area (Å²) in [5.41, 5.74) is 2.73. The molecule has 1 saturated heterocycles. The van der Waals surface area contributed by atoms with Crippen molar-refractivity contribution in [2.24, 2.45) is 0 Å². The van der Waals surface area contributed by atoms with Gasteiger partial charge < -0.3 is 20.3 Å². The maximum Gasteiger partial charge on any atom is 0.333 e. The Kier molecular flexibility index (Phi) is 5.83. The molecule has 0 saturated carbocycles. The summed E-state index contributed by atoms with van der Waals surface area (Å²) < 4.78 is 33.9. The number of hydrogen-bond acceptors (Lipinski definition) is 10. The lowest BCUT2D eigenvalue weighted by Crippen LogP contribution is -2.37. The lowest BCUT2D eigenvalue weighted by Gasteiger charge is -2.27. The molecule has 0 radical (unpaired) electrons. The van der Waals surface area contributed by atoms with Crippen LogP contribution in [0.1, 0.15) is 16.4 Å². The highest BCUT2D eigenvalue weighted by Gasteiger charge is 2.21. The summed E-state index contributed by atoms with van der Waals surface area (Å²) in [6.07, 6.45) is 8.24. The van der Waals surface area contributed by atoms with Gasteiger partial charge in [0.05, 0.1) is 42.7 Å². The molecule has 2 aliphatic rings. The van der Waals surface area contributed by atoms with E-state index in [1.54, 1.807) is 22.2 Å². The van der Waals surface area contributed by atoms with Gasteiger partial charge in [0.15, 0.2) is 17.0 Å². The van der Waals surface area contributed by atoms with E-state index >= 15 is 0 Å². The Morgan fingerprint density at radius 3 is 2.83 bits per heavy atom. The molecule has 2 N–H and O–H groups in total. The van der Waals surface area contributed by atoms with Gasteiger partial charge in [0, 0.05) is 32.4 Å². The molecular formula is C21H22F2N10OS. The second-order valence-corrected chi connectivity index (χ2v) is 9.16. The van der Waals surface area contributed by atoms with Crippen LogP contribution in [-0.2, 0) is 11.3 Å². The molecule has 6 rings (SSSR count). The molecule has 182 valence electrons. The Morgan fingerprint density at radius 2 is 2.06 bits per heavy atom. The molecule has 0 aromatic carbocycles. The molecule has 35 heavy (non-hydrogen) atoms. The molecule has 4 aromatic heterocycles. The summed E-state index contributed by atoms with van der Waals surface area (Å²) >= 11 is 1.63. The van der Waals surface area contributed by atoms with Crippen LogP contribution in [0.5, 0.6) is 0 Å². The van der Waals surface area contributed by atoms with Gasteiger partial charge in [0.25, 0.3) is 0 Å². The van der Waals surface area contributed by atoms with Gasteiger partial charge in [-0.25, -0.2) is 14.6 Å². The predicted molar refractivity (Wildman–Crippen MR) is 127 cm³/mol. The van der Waals surface area contributed by atoms with Crippen LogP contribution in [0.2, 0.25) is 0 Å². The Balaban J connectivity index is 1.34. The molecule has 4 aromatic rings. The number of nitrogens with one attached hydrogen (secondary N) is 2.